The monoisotopic (exact) mass is 378 g/mol. The van der Waals surface area contributed by atoms with Gasteiger partial charge < -0.3 is 9.64 Å². The average molecular weight is 379 g/mol. The second kappa shape index (κ2) is 7.91. The number of para-hydroxylation sites is 1. The Morgan fingerprint density at radius 1 is 1.07 bits per heavy atom. The number of pyridine rings is 1. The van der Waals surface area contributed by atoms with Crippen LogP contribution in [0.5, 0.6) is 0 Å². The Kier molecular flexibility index (Phi) is 5.19. The fourth-order valence-corrected chi connectivity index (χ4v) is 3.35. The van der Waals surface area contributed by atoms with Crippen LogP contribution in [-0.2, 0) is 4.74 Å². The molecule has 1 aliphatic rings. The molecule has 1 fully saturated rings. The summed E-state index contributed by atoms with van der Waals surface area (Å²) in [6.07, 6.45) is 3.27. The lowest BCUT2D eigenvalue weighted by Gasteiger charge is -2.28. The first kappa shape index (κ1) is 17.7. The molecule has 2 heterocycles. The van der Waals surface area contributed by atoms with Gasteiger partial charge in [0, 0.05) is 35.3 Å². The van der Waals surface area contributed by atoms with Crippen molar-refractivity contribution in [3.8, 4) is 0 Å². The lowest BCUT2D eigenvalue weighted by Crippen LogP contribution is -2.36. The number of aromatic nitrogens is 1. The van der Waals surface area contributed by atoms with Gasteiger partial charge in [-0.1, -0.05) is 29.8 Å². The van der Waals surface area contributed by atoms with Gasteiger partial charge in [-0.25, -0.2) is 4.98 Å². The van der Waals surface area contributed by atoms with Crippen molar-refractivity contribution in [2.45, 2.75) is 0 Å². The number of fused-ring (bicyclic) bond motifs is 1. The molecule has 5 heteroatoms. The second-order valence-corrected chi connectivity index (χ2v) is 6.76. The van der Waals surface area contributed by atoms with E-state index in [0.717, 1.165) is 48.5 Å². The topological polar surface area (TPSA) is 42.4 Å². The SMILES string of the molecule is O=C(/C=C/c1cc2ccccc2nc1Cl)c1ccc(N2CCOCC2)cc1. The molecule has 0 saturated carbocycles. The van der Waals surface area contributed by atoms with Gasteiger partial charge >= 0.3 is 0 Å². The molecule has 0 N–H and O–H groups in total. The van der Waals surface area contributed by atoms with Crippen LogP contribution >= 0.6 is 11.6 Å². The Bertz CT molecular complexity index is 993. The van der Waals surface area contributed by atoms with Crippen molar-refractivity contribution in [1.82, 2.24) is 4.98 Å². The third-order valence-corrected chi connectivity index (χ3v) is 4.95. The predicted molar refractivity (Wildman–Crippen MR) is 110 cm³/mol. The fraction of sp³-hybridized carbons (Fsp3) is 0.182. The van der Waals surface area contributed by atoms with Gasteiger partial charge in [-0.05, 0) is 48.6 Å². The highest BCUT2D eigenvalue weighted by atomic mass is 35.5. The largest absolute Gasteiger partial charge is 0.378 e. The number of anilines is 1. The number of hydrogen-bond acceptors (Lipinski definition) is 4. The summed E-state index contributed by atoms with van der Waals surface area (Å²) in [6, 6.07) is 17.4. The van der Waals surface area contributed by atoms with Crippen LogP contribution in [0.25, 0.3) is 17.0 Å². The van der Waals surface area contributed by atoms with Crippen LogP contribution in [0.3, 0.4) is 0 Å². The predicted octanol–water partition coefficient (Wildman–Crippen LogP) is 4.62. The third-order valence-electron chi connectivity index (χ3n) is 4.65. The van der Waals surface area contributed by atoms with E-state index < -0.39 is 0 Å². The maximum atomic E-state index is 12.5. The van der Waals surface area contributed by atoms with E-state index in [0.29, 0.717) is 10.7 Å². The van der Waals surface area contributed by atoms with Gasteiger partial charge in [0.1, 0.15) is 5.15 Å². The summed E-state index contributed by atoms with van der Waals surface area (Å²) < 4.78 is 5.37. The van der Waals surface area contributed by atoms with Gasteiger partial charge in [-0.3, -0.25) is 4.79 Å². The number of rotatable bonds is 4. The van der Waals surface area contributed by atoms with Crippen molar-refractivity contribution in [3.05, 3.63) is 77.0 Å². The van der Waals surface area contributed by atoms with Crippen LogP contribution < -0.4 is 4.90 Å². The molecule has 0 unspecified atom stereocenters. The highest BCUT2D eigenvalue weighted by Crippen LogP contribution is 2.22. The Hall–Kier alpha value is -2.69. The van der Waals surface area contributed by atoms with E-state index in [4.69, 9.17) is 16.3 Å². The third kappa shape index (κ3) is 4.02. The lowest BCUT2D eigenvalue weighted by atomic mass is 10.1. The van der Waals surface area contributed by atoms with Crippen LogP contribution in [0.2, 0.25) is 5.15 Å². The minimum Gasteiger partial charge on any atom is -0.378 e. The smallest absolute Gasteiger partial charge is 0.185 e. The van der Waals surface area contributed by atoms with E-state index in [2.05, 4.69) is 9.88 Å². The molecule has 1 aromatic heterocycles. The minimum absolute atomic E-state index is 0.0623. The molecule has 0 aliphatic carbocycles. The fourth-order valence-electron chi connectivity index (χ4n) is 3.15. The standard InChI is InChI=1S/C22H19ClN2O2/c23-22-18(15-17-3-1-2-4-20(17)24-22)7-10-21(26)16-5-8-19(9-6-16)25-11-13-27-14-12-25/h1-10,15H,11-14H2/b10-7+. The second-order valence-electron chi connectivity index (χ2n) is 6.40. The first-order valence-corrected chi connectivity index (χ1v) is 9.29. The van der Waals surface area contributed by atoms with Gasteiger partial charge in [0.2, 0.25) is 0 Å². The molecule has 0 atom stereocenters. The van der Waals surface area contributed by atoms with Gasteiger partial charge in [0.15, 0.2) is 5.78 Å². The van der Waals surface area contributed by atoms with E-state index in [1.54, 1.807) is 12.2 Å². The molecule has 0 bridgehead atoms. The number of carbonyl (C=O) groups is 1. The highest BCUT2D eigenvalue weighted by molar-refractivity contribution is 6.31. The molecule has 0 spiro atoms. The summed E-state index contributed by atoms with van der Waals surface area (Å²) in [5.41, 5.74) is 3.33. The van der Waals surface area contributed by atoms with E-state index in [-0.39, 0.29) is 5.78 Å². The summed E-state index contributed by atoms with van der Waals surface area (Å²) in [5.74, 6) is -0.0623. The number of halogens is 1. The molecule has 4 nitrogen and oxygen atoms in total. The van der Waals surface area contributed by atoms with E-state index in [1.807, 2.05) is 54.6 Å². The highest BCUT2D eigenvalue weighted by Gasteiger charge is 2.11. The average Bonchev–Trinajstić information content (AvgIpc) is 2.73. The molecule has 1 aliphatic heterocycles. The van der Waals surface area contributed by atoms with Crippen molar-refractivity contribution >= 4 is 40.1 Å². The van der Waals surface area contributed by atoms with Crippen LogP contribution in [0.1, 0.15) is 15.9 Å². The van der Waals surface area contributed by atoms with Crippen molar-refractivity contribution in [2.75, 3.05) is 31.2 Å². The molecule has 4 rings (SSSR count). The Labute approximate surface area is 163 Å². The van der Waals surface area contributed by atoms with Crippen LogP contribution in [-0.4, -0.2) is 37.1 Å². The number of hydrogen-bond donors (Lipinski definition) is 0. The maximum Gasteiger partial charge on any atom is 0.185 e. The quantitative estimate of drug-likeness (QED) is 0.377. The lowest BCUT2D eigenvalue weighted by molar-refractivity contribution is 0.104. The van der Waals surface area contributed by atoms with Crippen molar-refractivity contribution in [3.63, 3.8) is 0 Å². The molecule has 1 saturated heterocycles. The number of morpholine rings is 1. The number of nitrogens with zero attached hydrogens (tertiary/aromatic N) is 2. The molecule has 27 heavy (non-hydrogen) atoms. The Morgan fingerprint density at radius 2 is 1.81 bits per heavy atom. The van der Waals surface area contributed by atoms with Crippen LogP contribution in [0, 0.1) is 0 Å². The Morgan fingerprint density at radius 3 is 2.59 bits per heavy atom. The first-order chi connectivity index (χ1) is 13.2. The van der Waals surface area contributed by atoms with E-state index in [9.17, 15) is 4.79 Å². The molecule has 3 aromatic rings. The normalized spacial score (nSPS) is 14.8. The molecule has 136 valence electrons. The Balaban J connectivity index is 1.50. The van der Waals surface area contributed by atoms with E-state index >= 15 is 0 Å². The molecule has 0 radical (unpaired) electrons. The molecular weight excluding hydrogens is 360 g/mol. The summed E-state index contributed by atoms with van der Waals surface area (Å²) in [4.78, 5) is 19.1. The number of ether oxygens (including phenoxy) is 1. The van der Waals surface area contributed by atoms with Crippen LogP contribution in [0.15, 0.2) is 60.7 Å². The zero-order valence-corrected chi connectivity index (χ0v) is 15.5. The zero-order valence-electron chi connectivity index (χ0n) is 14.8. The maximum absolute atomic E-state index is 12.5. The summed E-state index contributed by atoms with van der Waals surface area (Å²) in [6.45, 7) is 3.23. The number of benzene rings is 2. The van der Waals surface area contributed by atoms with Gasteiger partial charge in [-0.15, -0.1) is 0 Å². The van der Waals surface area contributed by atoms with Crippen LogP contribution in [0.4, 0.5) is 5.69 Å². The summed E-state index contributed by atoms with van der Waals surface area (Å²) in [7, 11) is 0. The van der Waals surface area contributed by atoms with Crippen molar-refractivity contribution < 1.29 is 9.53 Å². The van der Waals surface area contributed by atoms with Crippen molar-refractivity contribution in [1.29, 1.82) is 0 Å². The number of ketones is 1. The van der Waals surface area contributed by atoms with E-state index in [1.165, 1.54) is 0 Å². The van der Waals surface area contributed by atoms with Gasteiger partial charge in [0.05, 0.1) is 18.7 Å². The summed E-state index contributed by atoms with van der Waals surface area (Å²) in [5, 5.41) is 1.38. The van der Waals surface area contributed by atoms with Gasteiger partial charge in [-0.2, -0.15) is 0 Å². The molecule has 2 aromatic carbocycles. The molecule has 0 amide bonds. The number of carbonyl (C=O) groups excluding carboxylic acids is 1. The first-order valence-electron chi connectivity index (χ1n) is 8.91. The summed E-state index contributed by atoms with van der Waals surface area (Å²) >= 11 is 6.25. The minimum atomic E-state index is -0.0623. The van der Waals surface area contributed by atoms with Crippen molar-refractivity contribution in [2.24, 2.45) is 0 Å². The zero-order chi connectivity index (χ0) is 18.6. The van der Waals surface area contributed by atoms with Gasteiger partial charge in [0.25, 0.3) is 0 Å². The number of allylic oxidation sites excluding steroid dienone is 1. The molecular formula is C22H19ClN2O2.